The molecular formula is C17H16N6O2S. The molecule has 4 rings (SSSR count). The number of aromatic carboxylic acids is 1. The summed E-state index contributed by atoms with van der Waals surface area (Å²) in [4.78, 5) is 16.2. The number of rotatable bonds is 4. The van der Waals surface area contributed by atoms with E-state index >= 15 is 0 Å². The molecule has 1 aromatic carbocycles. The average Bonchev–Trinajstić information content (AvgIpc) is 3.07. The van der Waals surface area contributed by atoms with E-state index in [0.29, 0.717) is 17.0 Å². The largest absolute Gasteiger partial charge is 0.478 e. The van der Waals surface area contributed by atoms with Gasteiger partial charge in [-0.2, -0.15) is 10.3 Å². The zero-order valence-corrected chi connectivity index (χ0v) is 14.7. The zero-order valence-electron chi connectivity index (χ0n) is 13.9. The summed E-state index contributed by atoms with van der Waals surface area (Å²) in [5, 5.41) is 23.3. The van der Waals surface area contributed by atoms with Gasteiger partial charge in [0, 0.05) is 16.3 Å². The van der Waals surface area contributed by atoms with Gasteiger partial charge in [-0.25, -0.2) is 9.78 Å². The number of nitrogens with zero attached hydrogens (tertiary/aromatic N) is 3. The van der Waals surface area contributed by atoms with Crippen molar-refractivity contribution in [3.63, 3.8) is 0 Å². The maximum Gasteiger partial charge on any atom is 0.335 e. The van der Waals surface area contributed by atoms with Crippen LogP contribution < -0.4 is 11.1 Å². The number of benzene rings is 1. The molecule has 8 nitrogen and oxygen atoms in total. The molecule has 0 saturated heterocycles. The van der Waals surface area contributed by atoms with Crippen molar-refractivity contribution >= 4 is 46.5 Å². The predicted octanol–water partition coefficient (Wildman–Crippen LogP) is 2.62. The second kappa shape index (κ2) is 6.03. The van der Waals surface area contributed by atoms with Crippen LogP contribution in [0.3, 0.4) is 0 Å². The fourth-order valence-electron chi connectivity index (χ4n) is 2.82. The highest BCUT2D eigenvalue weighted by atomic mass is 32.2. The highest BCUT2D eigenvalue weighted by Crippen LogP contribution is 2.34. The Morgan fingerprint density at radius 3 is 3.00 bits per heavy atom. The van der Waals surface area contributed by atoms with E-state index in [2.05, 4.69) is 32.6 Å². The number of H-pyrrole nitrogens is 1. The summed E-state index contributed by atoms with van der Waals surface area (Å²) in [5.41, 5.74) is 8.76. The molecule has 0 aliphatic carbocycles. The third-order valence-corrected chi connectivity index (χ3v) is 5.52. The van der Waals surface area contributed by atoms with Crippen LogP contribution in [0.5, 0.6) is 0 Å². The smallest absolute Gasteiger partial charge is 0.335 e. The molecule has 26 heavy (non-hydrogen) atoms. The first kappa shape index (κ1) is 16.4. The summed E-state index contributed by atoms with van der Waals surface area (Å²) in [6.07, 6.45) is 3.99. The molecule has 0 fully saturated rings. The standard InChI is InChI=1S/C17H16N6O2S/c1-17(5-4-9-6-10(16(24)25)2-3-11(9)20-17)8-26-12-7-13(18)19-15-14(12)21-23-22-15/h2-7,20H,8H2,1H3,(H,24,25)(H3,18,19,21,22,23). The van der Waals surface area contributed by atoms with E-state index < -0.39 is 5.97 Å². The molecule has 1 aliphatic heterocycles. The van der Waals surface area contributed by atoms with E-state index in [1.807, 2.05) is 12.2 Å². The van der Waals surface area contributed by atoms with Crippen molar-refractivity contribution in [1.29, 1.82) is 0 Å². The van der Waals surface area contributed by atoms with Gasteiger partial charge in [0.1, 0.15) is 11.3 Å². The molecule has 0 spiro atoms. The maximum atomic E-state index is 11.1. The Balaban J connectivity index is 1.56. The molecule has 1 unspecified atom stereocenters. The van der Waals surface area contributed by atoms with Crippen LogP contribution >= 0.6 is 11.8 Å². The van der Waals surface area contributed by atoms with Gasteiger partial charge in [-0.1, -0.05) is 12.2 Å². The number of carboxylic acids is 1. The first-order chi connectivity index (χ1) is 12.4. The number of thioether (sulfide) groups is 1. The Hall–Kier alpha value is -3.07. The predicted molar refractivity (Wildman–Crippen MR) is 101 cm³/mol. The Bertz CT molecular complexity index is 1050. The fraction of sp³-hybridized carbons (Fsp3) is 0.176. The molecule has 0 bridgehead atoms. The Kier molecular flexibility index (Phi) is 3.80. The Labute approximate surface area is 152 Å². The first-order valence-corrected chi connectivity index (χ1v) is 8.87. The zero-order chi connectivity index (χ0) is 18.3. The van der Waals surface area contributed by atoms with Crippen molar-refractivity contribution in [2.45, 2.75) is 17.4 Å². The van der Waals surface area contributed by atoms with Gasteiger partial charge in [-0.3, -0.25) is 0 Å². The minimum absolute atomic E-state index is 0.272. The van der Waals surface area contributed by atoms with Gasteiger partial charge >= 0.3 is 5.97 Å². The van der Waals surface area contributed by atoms with Crippen molar-refractivity contribution in [2.75, 3.05) is 16.8 Å². The van der Waals surface area contributed by atoms with Crippen LogP contribution in [0.15, 0.2) is 35.2 Å². The van der Waals surface area contributed by atoms with E-state index in [4.69, 9.17) is 10.8 Å². The second-order valence-electron chi connectivity index (χ2n) is 6.31. The number of nitrogens with two attached hydrogens (primary N) is 1. The molecule has 2 aromatic heterocycles. The molecule has 9 heteroatoms. The molecule has 1 atom stereocenters. The van der Waals surface area contributed by atoms with E-state index in [-0.39, 0.29) is 11.1 Å². The number of nitrogens with one attached hydrogen (secondary N) is 2. The normalized spacial score (nSPS) is 18.5. The van der Waals surface area contributed by atoms with Crippen molar-refractivity contribution in [3.8, 4) is 0 Å². The molecule has 5 N–H and O–H groups in total. The van der Waals surface area contributed by atoms with Gasteiger partial charge in [0.05, 0.1) is 11.1 Å². The second-order valence-corrected chi connectivity index (χ2v) is 7.33. The Morgan fingerprint density at radius 1 is 1.35 bits per heavy atom. The lowest BCUT2D eigenvalue weighted by Crippen LogP contribution is -2.37. The number of pyridine rings is 1. The van der Waals surface area contributed by atoms with Gasteiger partial charge in [-0.15, -0.1) is 16.9 Å². The number of carbonyl (C=O) groups is 1. The highest BCUT2D eigenvalue weighted by molar-refractivity contribution is 7.99. The van der Waals surface area contributed by atoms with Crippen molar-refractivity contribution in [1.82, 2.24) is 20.4 Å². The number of anilines is 2. The van der Waals surface area contributed by atoms with E-state index in [1.54, 1.807) is 36.0 Å². The third-order valence-electron chi connectivity index (χ3n) is 4.15. The molecule has 0 saturated carbocycles. The summed E-state index contributed by atoms with van der Waals surface area (Å²) in [5.74, 6) is 0.185. The number of nitrogen functional groups attached to an aromatic ring is 1. The summed E-state index contributed by atoms with van der Waals surface area (Å²) in [6, 6.07) is 6.85. The van der Waals surface area contributed by atoms with Gasteiger partial charge in [0.25, 0.3) is 0 Å². The summed E-state index contributed by atoms with van der Waals surface area (Å²) < 4.78 is 0. The number of carboxylic acid groups (broad SMARTS) is 1. The van der Waals surface area contributed by atoms with Crippen LogP contribution in [-0.4, -0.2) is 42.8 Å². The van der Waals surface area contributed by atoms with Crippen LogP contribution in [0, 0.1) is 0 Å². The van der Waals surface area contributed by atoms with Crippen LogP contribution in [0.2, 0.25) is 0 Å². The molecule has 3 heterocycles. The number of hydrogen-bond acceptors (Lipinski definition) is 7. The van der Waals surface area contributed by atoms with E-state index in [1.165, 1.54) is 0 Å². The minimum Gasteiger partial charge on any atom is -0.478 e. The number of aromatic amines is 1. The minimum atomic E-state index is -0.933. The monoisotopic (exact) mass is 368 g/mol. The third kappa shape index (κ3) is 2.97. The topological polar surface area (TPSA) is 130 Å². The molecule has 0 amide bonds. The van der Waals surface area contributed by atoms with Crippen LogP contribution in [-0.2, 0) is 0 Å². The quantitative estimate of drug-likeness (QED) is 0.517. The summed E-state index contributed by atoms with van der Waals surface area (Å²) >= 11 is 1.61. The van der Waals surface area contributed by atoms with E-state index in [9.17, 15) is 4.79 Å². The lowest BCUT2D eigenvalue weighted by atomic mass is 9.95. The summed E-state index contributed by atoms with van der Waals surface area (Å²) in [6.45, 7) is 2.08. The van der Waals surface area contributed by atoms with Gasteiger partial charge in [0.15, 0.2) is 0 Å². The number of fused-ring (bicyclic) bond motifs is 2. The SMILES string of the molecule is CC1(CSc2cc(N)nc3n[nH]nc23)C=Cc2cc(C(=O)O)ccc2N1. The van der Waals surface area contributed by atoms with Crippen LogP contribution in [0.25, 0.3) is 17.2 Å². The van der Waals surface area contributed by atoms with E-state index in [0.717, 1.165) is 21.9 Å². The first-order valence-electron chi connectivity index (χ1n) is 7.88. The van der Waals surface area contributed by atoms with Crippen molar-refractivity contribution in [2.24, 2.45) is 0 Å². The summed E-state index contributed by atoms with van der Waals surface area (Å²) in [7, 11) is 0. The lowest BCUT2D eigenvalue weighted by molar-refractivity contribution is 0.0697. The number of hydrogen-bond donors (Lipinski definition) is 4. The van der Waals surface area contributed by atoms with Gasteiger partial charge in [0.2, 0.25) is 5.65 Å². The molecule has 0 radical (unpaired) electrons. The average molecular weight is 368 g/mol. The lowest BCUT2D eigenvalue weighted by Gasteiger charge is -2.32. The van der Waals surface area contributed by atoms with Crippen molar-refractivity contribution < 1.29 is 9.90 Å². The van der Waals surface area contributed by atoms with Crippen LogP contribution in [0.4, 0.5) is 11.5 Å². The van der Waals surface area contributed by atoms with Gasteiger partial charge < -0.3 is 16.2 Å². The molecule has 3 aromatic rings. The fourth-order valence-corrected chi connectivity index (χ4v) is 3.92. The maximum absolute atomic E-state index is 11.1. The molecular weight excluding hydrogens is 352 g/mol. The van der Waals surface area contributed by atoms with Gasteiger partial charge in [-0.05, 0) is 36.8 Å². The van der Waals surface area contributed by atoms with Crippen LogP contribution in [0.1, 0.15) is 22.8 Å². The molecule has 132 valence electrons. The van der Waals surface area contributed by atoms with Crippen molar-refractivity contribution in [3.05, 3.63) is 41.5 Å². The molecule has 1 aliphatic rings. The number of aromatic nitrogens is 4. The Morgan fingerprint density at radius 2 is 2.19 bits per heavy atom. The highest BCUT2D eigenvalue weighted by Gasteiger charge is 2.26.